The van der Waals surface area contributed by atoms with E-state index in [2.05, 4.69) is 108 Å². The normalized spacial score (nSPS) is 12.1. The monoisotopic (exact) mass is 533 g/mol. The molecule has 8 rings (SSSR count). The summed E-state index contributed by atoms with van der Waals surface area (Å²) in [6.45, 7) is 0. The summed E-state index contributed by atoms with van der Waals surface area (Å²) in [5, 5.41) is 22.0. The first kappa shape index (κ1) is 23.9. The van der Waals surface area contributed by atoms with Gasteiger partial charge in [0.2, 0.25) is 0 Å². The van der Waals surface area contributed by atoms with Crippen LogP contribution >= 0.6 is 0 Å². The highest BCUT2D eigenvalue weighted by atomic mass is 15.0. The zero-order valence-electron chi connectivity index (χ0n) is 22.6. The molecule has 42 heavy (non-hydrogen) atoms. The number of hydrogen-bond donors (Lipinski definition) is 0. The van der Waals surface area contributed by atoms with Crippen LogP contribution in [0.4, 0.5) is 0 Å². The van der Waals surface area contributed by atoms with Crippen LogP contribution in [0.1, 0.15) is 33.7 Å². The fourth-order valence-electron chi connectivity index (χ4n) is 6.81. The van der Waals surface area contributed by atoms with Gasteiger partial charge >= 0.3 is 0 Å². The lowest BCUT2D eigenvalue weighted by Gasteiger charge is -2.18. The number of aromatic nitrogens is 1. The number of para-hydroxylation sites is 1. The quantitative estimate of drug-likeness (QED) is 0.227. The van der Waals surface area contributed by atoms with Crippen LogP contribution in [0.25, 0.3) is 49.7 Å². The molecule has 3 heteroatoms. The second-order valence-electron chi connectivity index (χ2n) is 10.7. The van der Waals surface area contributed by atoms with Crippen LogP contribution in [0, 0.1) is 22.7 Å². The zero-order valence-corrected chi connectivity index (χ0v) is 22.6. The van der Waals surface area contributed by atoms with E-state index in [1.54, 1.807) is 0 Å². The first-order chi connectivity index (χ1) is 20.8. The molecule has 0 radical (unpaired) electrons. The Morgan fingerprint density at radius 2 is 1.24 bits per heavy atom. The van der Waals surface area contributed by atoms with Gasteiger partial charge < -0.3 is 4.57 Å². The van der Waals surface area contributed by atoms with Crippen molar-refractivity contribution in [3.8, 4) is 40.1 Å². The molecule has 0 saturated carbocycles. The van der Waals surface area contributed by atoms with Crippen molar-refractivity contribution < 1.29 is 0 Å². The molecular formula is C39H23N3. The molecule has 0 aliphatic heterocycles. The molecule has 3 nitrogen and oxygen atoms in total. The number of fused-ring (bicyclic) bond motifs is 6. The van der Waals surface area contributed by atoms with E-state index in [-0.39, 0.29) is 5.92 Å². The van der Waals surface area contributed by atoms with Crippen molar-refractivity contribution in [2.45, 2.75) is 5.92 Å². The molecule has 0 fully saturated rings. The van der Waals surface area contributed by atoms with Gasteiger partial charge in [0.15, 0.2) is 0 Å². The van der Waals surface area contributed by atoms with Gasteiger partial charge in [0.25, 0.3) is 0 Å². The van der Waals surface area contributed by atoms with Gasteiger partial charge in [0, 0.05) is 22.3 Å². The van der Waals surface area contributed by atoms with E-state index in [4.69, 9.17) is 0 Å². The molecule has 0 bridgehead atoms. The lowest BCUT2D eigenvalue weighted by Crippen LogP contribution is -2.02. The summed E-state index contributed by atoms with van der Waals surface area (Å²) in [6.07, 6.45) is 0. The molecule has 0 N–H and O–H groups in total. The molecule has 0 atom stereocenters. The fourth-order valence-corrected chi connectivity index (χ4v) is 6.81. The average molecular weight is 534 g/mol. The molecule has 1 aliphatic carbocycles. The number of nitriles is 2. The van der Waals surface area contributed by atoms with E-state index in [0.29, 0.717) is 11.1 Å². The van der Waals surface area contributed by atoms with Crippen molar-refractivity contribution in [1.82, 2.24) is 4.57 Å². The fraction of sp³-hybridized carbons (Fsp3) is 0.0256. The zero-order chi connectivity index (χ0) is 28.2. The number of nitrogens with zero attached hydrogens (tertiary/aromatic N) is 3. The van der Waals surface area contributed by atoms with Crippen LogP contribution in [0.3, 0.4) is 0 Å². The van der Waals surface area contributed by atoms with Gasteiger partial charge in [-0.25, -0.2) is 0 Å². The highest BCUT2D eigenvalue weighted by Gasteiger charge is 2.29. The first-order valence-electron chi connectivity index (χ1n) is 14.0. The summed E-state index contributed by atoms with van der Waals surface area (Å²) in [4.78, 5) is 0. The highest BCUT2D eigenvalue weighted by molar-refractivity contribution is 6.10. The van der Waals surface area contributed by atoms with E-state index in [1.165, 1.54) is 27.8 Å². The van der Waals surface area contributed by atoms with Crippen LogP contribution in [0.2, 0.25) is 0 Å². The van der Waals surface area contributed by atoms with Crippen molar-refractivity contribution >= 4 is 21.8 Å². The molecule has 0 spiro atoms. The van der Waals surface area contributed by atoms with E-state index in [0.717, 1.165) is 38.6 Å². The lowest BCUT2D eigenvalue weighted by molar-refractivity contribution is 1.02. The molecule has 1 aromatic heterocycles. The molecule has 0 amide bonds. The van der Waals surface area contributed by atoms with Crippen LogP contribution < -0.4 is 0 Å². The van der Waals surface area contributed by atoms with Gasteiger partial charge in [-0.05, 0) is 69.8 Å². The van der Waals surface area contributed by atoms with Gasteiger partial charge in [-0.3, -0.25) is 0 Å². The van der Waals surface area contributed by atoms with Gasteiger partial charge in [0.1, 0.15) is 0 Å². The molecule has 0 unspecified atom stereocenters. The smallest absolute Gasteiger partial charge is 0.0998 e. The Hall–Kier alpha value is -5.90. The van der Waals surface area contributed by atoms with Gasteiger partial charge in [-0.2, -0.15) is 10.5 Å². The SMILES string of the molecule is N#Cc1ccc2c(c1)c1ccccc1n2-c1cccc(C#N)c1-c1cccc(C2c3ccccc3-c3ccccc32)c1. The second-order valence-corrected chi connectivity index (χ2v) is 10.7. The Morgan fingerprint density at radius 3 is 2.00 bits per heavy atom. The molecular weight excluding hydrogens is 510 g/mol. The number of benzene rings is 6. The summed E-state index contributed by atoms with van der Waals surface area (Å²) in [7, 11) is 0. The predicted molar refractivity (Wildman–Crippen MR) is 168 cm³/mol. The molecule has 1 heterocycles. The van der Waals surface area contributed by atoms with Crippen LogP contribution in [-0.2, 0) is 0 Å². The second kappa shape index (κ2) is 9.34. The lowest BCUT2D eigenvalue weighted by atomic mass is 9.87. The summed E-state index contributed by atoms with van der Waals surface area (Å²) in [6, 6.07) is 50.8. The van der Waals surface area contributed by atoms with E-state index < -0.39 is 0 Å². The van der Waals surface area contributed by atoms with Crippen molar-refractivity contribution in [2.24, 2.45) is 0 Å². The van der Waals surface area contributed by atoms with E-state index in [1.807, 2.05) is 42.5 Å². The van der Waals surface area contributed by atoms with Crippen LogP contribution in [0.15, 0.2) is 133 Å². The van der Waals surface area contributed by atoms with E-state index >= 15 is 0 Å². The molecule has 7 aromatic rings. The van der Waals surface area contributed by atoms with Crippen LogP contribution in [0.5, 0.6) is 0 Å². The third-order valence-corrected chi connectivity index (χ3v) is 8.55. The number of rotatable bonds is 3. The summed E-state index contributed by atoms with van der Waals surface area (Å²) in [5.41, 5.74) is 12.5. The molecule has 1 aliphatic rings. The van der Waals surface area contributed by atoms with Gasteiger partial charge in [0.05, 0.1) is 40.0 Å². The molecule has 6 aromatic carbocycles. The minimum absolute atomic E-state index is 0.118. The Balaban J connectivity index is 1.38. The Kier molecular flexibility index (Phi) is 5.33. The van der Waals surface area contributed by atoms with E-state index in [9.17, 15) is 10.5 Å². The summed E-state index contributed by atoms with van der Waals surface area (Å²) >= 11 is 0. The highest BCUT2D eigenvalue weighted by Crippen LogP contribution is 2.48. The minimum atomic E-state index is 0.118. The van der Waals surface area contributed by atoms with Crippen molar-refractivity contribution in [1.29, 1.82) is 10.5 Å². The molecule has 0 saturated heterocycles. The topological polar surface area (TPSA) is 52.5 Å². The van der Waals surface area contributed by atoms with Crippen molar-refractivity contribution in [2.75, 3.05) is 0 Å². The number of hydrogen-bond acceptors (Lipinski definition) is 2. The standard InChI is InChI=1S/C39H23N3/c40-23-25-19-20-36-34(21-25)31-14-5-6-17-35(31)42(36)37-18-8-11-28(24-41)38(37)26-9-7-10-27(22-26)39-32-15-3-1-12-29(32)30-13-2-4-16-33(30)39/h1-22,39H. The van der Waals surface area contributed by atoms with Crippen molar-refractivity contribution in [3.63, 3.8) is 0 Å². The first-order valence-corrected chi connectivity index (χ1v) is 14.0. The maximum absolute atomic E-state index is 10.3. The van der Waals surface area contributed by atoms with Gasteiger partial charge in [-0.1, -0.05) is 97.1 Å². The molecule has 194 valence electrons. The Labute approximate surface area is 243 Å². The largest absolute Gasteiger partial charge is 0.309 e. The van der Waals surface area contributed by atoms with Gasteiger partial charge in [-0.15, -0.1) is 0 Å². The third kappa shape index (κ3) is 3.45. The average Bonchev–Trinajstić information content (AvgIpc) is 3.57. The third-order valence-electron chi connectivity index (χ3n) is 8.55. The Morgan fingerprint density at radius 1 is 0.548 bits per heavy atom. The maximum atomic E-state index is 10.3. The maximum Gasteiger partial charge on any atom is 0.0998 e. The Bertz CT molecular complexity index is 2250. The van der Waals surface area contributed by atoms with Crippen molar-refractivity contribution in [3.05, 3.63) is 161 Å². The predicted octanol–water partition coefficient (Wildman–Crippen LogP) is 9.35. The van der Waals surface area contributed by atoms with Crippen LogP contribution in [-0.4, -0.2) is 4.57 Å². The summed E-state index contributed by atoms with van der Waals surface area (Å²) < 4.78 is 2.23. The summed E-state index contributed by atoms with van der Waals surface area (Å²) in [5.74, 6) is 0.118. The minimum Gasteiger partial charge on any atom is -0.309 e.